The third kappa shape index (κ3) is 4.60. The largest absolute Gasteiger partial charge is 0.484 e. The Labute approximate surface area is 151 Å². The molecule has 1 aliphatic rings. The lowest BCUT2D eigenvalue weighted by Crippen LogP contribution is -2.20. The monoisotopic (exact) mass is 387 g/mol. The fraction of sp³-hybridized carbons (Fsp3) is 0.350. The van der Waals surface area contributed by atoms with Crippen molar-refractivity contribution in [2.75, 3.05) is 11.9 Å². The molecule has 126 valence electrons. The second kappa shape index (κ2) is 8.34. The van der Waals surface area contributed by atoms with Crippen molar-refractivity contribution >= 4 is 27.5 Å². The second-order valence-corrected chi connectivity index (χ2v) is 7.08. The van der Waals surface area contributed by atoms with Crippen LogP contribution in [0.1, 0.15) is 43.6 Å². The Morgan fingerprint density at radius 1 is 1.04 bits per heavy atom. The summed E-state index contributed by atoms with van der Waals surface area (Å²) in [4.78, 5) is 12.0. The molecule has 1 saturated carbocycles. The predicted molar refractivity (Wildman–Crippen MR) is 101 cm³/mol. The number of carbonyl (C=O) groups excluding carboxylic acids is 1. The molecule has 0 aliphatic heterocycles. The predicted octanol–water partition coefficient (Wildman–Crippen LogP) is 5.51. The average Bonchev–Trinajstić information content (AvgIpc) is 2.63. The first-order valence-corrected chi connectivity index (χ1v) is 9.29. The Morgan fingerprint density at radius 2 is 1.75 bits per heavy atom. The lowest BCUT2D eigenvalue weighted by atomic mass is 9.84. The topological polar surface area (TPSA) is 38.3 Å². The van der Waals surface area contributed by atoms with Crippen LogP contribution in [0.3, 0.4) is 0 Å². The highest BCUT2D eigenvalue weighted by atomic mass is 79.9. The van der Waals surface area contributed by atoms with E-state index in [1.165, 1.54) is 37.7 Å². The minimum absolute atomic E-state index is 0.00408. The Balaban J connectivity index is 1.51. The van der Waals surface area contributed by atoms with E-state index >= 15 is 0 Å². The number of carbonyl (C=O) groups is 1. The van der Waals surface area contributed by atoms with Crippen molar-refractivity contribution in [1.29, 1.82) is 0 Å². The van der Waals surface area contributed by atoms with Gasteiger partial charge in [-0.1, -0.05) is 43.5 Å². The van der Waals surface area contributed by atoms with E-state index in [1.807, 2.05) is 36.4 Å². The molecular formula is C20H22BrNO2. The van der Waals surface area contributed by atoms with Gasteiger partial charge in [-0.2, -0.15) is 0 Å². The van der Waals surface area contributed by atoms with Gasteiger partial charge in [0.05, 0.1) is 5.69 Å². The maximum absolute atomic E-state index is 12.0. The van der Waals surface area contributed by atoms with Gasteiger partial charge in [0, 0.05) is 4.47 Å². The molecule has 0 bridgehead atoms. The maximum atomic E-state index is 12.0. The van der Waals surface area contributed by atoms with Crippen molar-refractivity contribution in [2.24, 2.45) is 0 Å². The number of hydrogen-bond acceptors (Lipinski definition) is 2. The molecule has 3 nitrogen and oxygen atoms in total. The van der Waals surface area contributed by atoms with Crippen LogP contribution in [0.2, 0.25) is 0 Å². The highest BCUT2D eigenvalue weighted by Crippen LogP contribution is 2.33. The van der Waals surface area contributed by atoms with Crippen molar-refractivity contribution in [3.05, 3.63) is 58.6 Å². The average molecular weight is 388 g/mol. The smallest absolute Gasteiger partial charge is 0.262 e. The molecule has 0 aromatic heterocycles. The van der Waals surface area contributed by atoms with E-state index in [0.29, 0.717) is 5.92 Å². The van der Waals surface area contributed by atoms with Crippen LogP contribution in [-0.4, -0.2) is 12.5 Å². The molecule has 1 fully saturated rings. The number of hydrogen-bond donors (Lipinski definition) is 1. The Kier molecular flexibility index (Phi) is 5.91. The van der Waals surface area contributed by atoms with Crippen molar-refractivity contribution < 1.29 is 9.53 Å². The summed E-state index contributed by atoms with van der Waals surface area (Å²) in [5.41, 5.74) is 2.14. The van der Waals surface area contributed by atoms with E-state index in [1.54, 1.807) is 0 Å². The summed E-state index contributed by atoms with van der Waals surface area (Å²) in [6, 6.07) is 15.7. The standard InChI is InChI=1S/C20H22BrNO2/c21-18-8-4-5-9-19(18)22-20(23)14-24-17-12-10-16(11-13-17)15-6-2-1-3-7-15/h4-5,8-13,15H,1-3,6-7,14H2,(H,22,23). The van der Waals surface area contributed by atoms with Crippen molar-refractivity contribution in [3.8, 4) is 5.75 Å². The molecule has 0 heterocycles. The fourth-order valence-corrected chi connectivity index (χ4v) is 3.55. The molecule has 0 atom stereocenters. The summed E-state index contributed by atoms with van der Waals surface area (Å²) in [7, 11) is 0. The quantitative estimate of drug-likeness (QED) is 0.733. The molecular weight excluding hydrogens is 366 g/mol. The normalized spacial score (nSPS) is 15.0. The van der Waals surface area contributed by atoms with Gasteiger partial charge in [-0.15, -0.1) is 0 Å². The minimum atomic E-state index is -0.168. The van der Waals surface area contributed by atoms with Crippen LogP contribution < -0.4 is 10.1 Å². The van der Waals surface area contributed by atoms with Gasteiger partial charge in [0.2, 0.25) is 0 Å². The van der Waals surface area contributed by atoms with Crippen LogP contribution in [0.5, 0.6) is 5.75 Å². The van der Waals surface area contributed by atoms with E-state index in [0.717, 1.165) is 15.9 Å². The molecule has 24 heavy (non-hydrogen) atoms. The lowest BCUT2D eigenvalue weighted by Gasteiger charge is -2.22. The van der Waals surface area contributed by atoms with E-state index in [4.69, 9.17) is 4.74 Å². The van der Waals surface area contributed by atoms with Crippen molar-refractivity contribution in [1.82, 2.24) is 0 Å². The molecule has 4 heteroatoms. The molecule has 2 aromatic rings. The summed E-state index contributed by atoms with van der Waals surface area (Å²) in [6.45, 7) is 0.00408. The zero-order chi connectivity index (χ0) is 16.8. The number of rotatable bonds is 5. The van der Waals surface area contributed by atoms with Crippen LogP contribution in [0, 0.1) is 0 Å². The number of anilines is 1. The number of halogens is 1. The lowest BCUT2D eigenvalue weighted by molar-refractivity contribution is -0.118. The van der Waals surface area contributed by atoms with Gasteiger partial charge in [-0.25, -0.2) is 0 Å². The van der Waals surface area contributed by atoms with Gasteiger partial charge < -0.3 is 10.1 Å². The zero-order valence-corrected chi connectivity index (χ0v) is 15.2. The van der Waals surface area contributed by atoms with Gasteiger partial charge in [-0.05, 0) is 64.5 Å². The van der Waals surface area contributed by atoms with Gasteiger partial charge in [0.15, 0.2) is 6.61 Å². The van der Waals surface area contributed by atoms with Gasteiger partial charge in [0.1, 0.15) is 5.75 Å². The summed E-state index contributed by atoms with van der Waals surface area (Å²) in [5.74, 6) is 1.25. The molecule has 1 amide bonds. The molecule has 1 N–H and O–H groups in total. The zero-order valence-electron chi connectivity index (χ0n) is 13.6. The number of benzene rings is 2. The fourth-order valence-electron chi connectivity index (χ4n) is 3.17. The highest BCUT2D eigenvalue weighted by molar-refractivity contribution is 9.10. The Hall–Kier alpha value is -1.81. The third-order valence-electron chi connectivity index (χ3n) is 4.47. The highest BCUT2D eigenvalue weighted by Gasteiger charge is 2.15. The summed E-state index contributed by atoms with van der Waals surface area (Å²) < 4.78 is 6.45. The summed E-state index contributed by atoms with van der Waals surface area (Å²) >= 11 is 3.41. The van der Waals surface area contributed by atoms with Crippen LogP contribution in [-0.2, 0) is 4.79 Å². The first kappa shape index (κ1) is 17.0. The number of amides is 1. The summed E-state index contributed by atoms with van der Waals surface area (Å²) in [6.07, 6.45) is 6.60. The van der Waals surface area contributed by atoms with Crippen LogP contribution in [0.25, 0.3) is 0 Å². The Bertz CT molecular complexity index is 678. The molecule has 0 radical (unpaired) electrons. The number of para-hydroxylation sites is 1. The van der Waals surface area contributed by atoms with Crippen LogP contribution in [0.4, 0.5) is 5.69 Å². The number of nitrogens with one attached hydrogen (secondary N) is 1. The van der Waals surface area contributed by atoms with Crippen molar-refractivity contribution in [2.45, 2.75) is 38.0 Å². The number of ether oxygens (including phenoxy) is 1. The first-order valence-electron chi connectivity index (χ1n) is 8.49. The first-order chi connectivity index (χ1) is 11.7. The maximum Gasteiger partial charge on any atom is 0.262 e. The van der Waals surface area contributed by atoms with E-state index < -0.39 is 0 Å². The summed E-state index contributed by atoms with van der Waals surface area (Å²) in [5, 5.41) is 2.83. The minimum Gasteiger partial charge on any atom is -0.484 e. The van der Waals surface area contributed by atoms with Gasteiger partial charge in [0.25, 0.3) is 5.91 Å². The second-order valence-electron chi connectivity index (χ2n) is 6.22. The third-order valence-corrected chi connectivity index (χ3v) is 5.17. The van der Waals surface area contributed by atoms with Crippen LogP contribution >= 0.6 is 15.9 Å². The van der Waals surface area contributed by atoms with E-state index in [9.17, 15) is 4.79 Å². The van der Waals surface area contributed by atoms with Crippen molar-refractivity contribution in [3.63, 3.8) is 0 Å². The molecule has 2 aromatic carbocycles. The molecule has 0 spiro atoms. The molecule has 0 saturated heterocycles. The molecule has 3 rings (SSSR count). The molecule has 1 aliphatic carbocycles. The van der Waals surface area contributed by atoms with Gasteiger partial charge in [-0.3, -0.25) is 4.79 Å². The SMILES string of the molecule is O=C(COc1ccc(C2CCCCC2)cc1)Nc1ccccc1Br. The van der Waals surface area contributed by atoms with Crippen LogP contribution in [0.15, 0.2) is 53.0 Å². The Morgan fingerprint density at radius 3 is 2.46 bits per heavy atom. The molecule has 0 unspecified atom stereocenters. The van der Waals surface area contributed by atoms with Gasteiger partial charge >= 0.3 is 0 Å². The van der Waals surface area contributed by atoms with E-state index in [2.05, 4.69) is 33.4 Å². The van der Waals surface area contributed by atoms with E-state index in [-0.39, 0.29) is 12.5 Å².